The molecule has 1 amide bonds. The quantitative estimate of drug-likeness (QED) is 0.617. The van der Waals surface area contributed by atoms with Crippen LogP contribution in [0.1, 0.15) is 31.2 Å². The number of piperidine rings is 1. The van der Waals surface area contributed by atoms with Crippen molar-refractivity contribution in [2.75, 3.05) is 30.8 Å². The van der Waals surface area contributed by atoms with Crippen molar-refractivity contribution in [3.8, 4) is 0 Å². The molecule has 11 heteroatoms. The molecule has 2 saturated heterocycles. The zero-order valence-corrected chi connectivity index (χ0v) is 19.9. The maximum Gasteiger partial charge on any atom is 0.245 e. The van der Waals surface area contributed by atoms with Gasteiger partial charge >= 0.3 is 0 Å². The number of carbonyl (C=O) groups excluding carboxylic acids is 1. The number of aromatic nitrogens is 1. The normalized spacial score (nSPS) is 24.7. The van der Waals surface area contributed by atoms with Crippen molar-refractivity contribution in [1.29, 1.82) is 0 Å². The summed E-state index contributed by atoms with van der Waals surface area (Å²) in [7, 11) is -3.37. The molecular formula is C22H28ClFN4O4S. The predicted octanol–water partition coefficient (Wildman–Crippen LogP) is 1.94. The van der Waals surface area contributed by atoms with Gasteiger partial charge in [0.05, 0.1) is 22.6 Å². The Bertz CT molecular complexity index is 1090. The van der Waals surface area contributed by atoms with Crippen molar-refractivity contribution in [1.82, 2.24) is 15.2 Å². The fourth-order valence-electron chi connectivity index (χ4n) is 4.63. The fourth-order valence-corrected chi connectivity index (χ4v) is 5.76. The number of pyridine rings is 1. The molecule has 180 valence electrons. The molecule has 1 aromatic heterocycles. The number of aliphatic hydroxyl groups excluding tert-OH is 1. The summed E-state index contributed by atoms with van der Waals surface area (Å²) in [5, 5.41) is 11.8. The summed E-state index contributed by atoms with van der Waals surface area (Å²) < 4.78 is 37.8. The van der Waals surface area contributed by atoms with E-state index in [1.807, 2.05) is 4.90 Å². The Hall–Kier alpha value is -2.17. The van der Waals surface area contributed by atoms with Gasteiger partial charge in [0.2, 0.25) is 5.91 Å². The van der Waals surface area contributed by atoms with Crippen LogP contribution in [-0.4, -0.2) is 72.5 Å². The van der Waals surface area contributed by atoms with E-state index in [2.05, 4.69) is 15.2 Å². The third-order valence-electron chi connectivity index (χ3n) is 6.54. The zero-order chi connectivity index (χ0) is 23.8. The molecule has 0 saturated carbocycles. The Morgan fingerprint density at radius 3 is 2.61 bits per heavy atom. The molecule has 4 rings (SSSR count). The van der Waals surface area contributed by atoms with E-state index in [9.17, 15) is 22.7 Å². The molecule has 0 bridgehead atoms. The van der Waals surface area contributed by atoms with Gasteiger partial charge in [-0.15, -0.1) is 0 Å². The van der Waals surface area contributed by atoms with Crippen LogP contribution in [0.5, 0.6) is 0 Å². The lowest BCUT2D eigenvalue weighted by molar-refractivity contribution is -0.131. The molecule has 0 radical (unpaired) electrons. The molecule has 33 heavy (non-hydrogen) atoms. The average molecular weight is 499 g/mol. The van der Waals surface area contributed by atoms with E-state index in [0.29, 0.717) is 42.5 Å². The van der Waals surface area contributed by atoms with E-state index < -0.39 is 27.0 Å². The fraction of sp³-hybridized carbons (Fsp3) is 0.545. The molecule has 2 N–H and O–H groups in total. The van der Waals surface area contributed by atoms with E-state index in [4.69, 9.17) is 11.6 Å². The first-order chi connectivity index (χ1) is 15.7. The third kappa shape index (κ3) is 5.17. The standard InChI is InChI=1S/C22H28ClFN4O4S/c1-33(31,32)16-2-3-19(18(24)11-16)26-20-6-9-28(22(20)30)15-4-7-27(8-5-15)21-17(23)10-14(13-29)12-25-21/h2-3,10,12,15-16,20,26,29H,4-9,11,13H2,1H3. The average Bonchev–Trinajstić information content (AvgIpc) is 3.14. The van der Waals surface area contributed by atoms with Crippen molar-refractivity contribution in [3.63, 3.8) is 0 Å². The van der Waals surface area contributed by atoms with Crippen molar-refractivity contribution in [3.05, 3.63) is 46.5 Å². The smallest absolute Gasteiger partial charge is 0.245 e. The number of halogens is 2. The van der Waals surface area contributed by atoms with Gasteiger partial charge in [0.25, 0.3) is 0 Å². The molecule has 3 aliphatic rings. The van der Waals surface area contributed by atoms with E-state index >= 15 is 0 Å². The Kier molecular flexibility index (Phi) is 6.97. The van der Waals surface area contributed by atoms with Crippen LogP contribution in [0.25, 0.3) is 0 Å². The SMILES string of the molecule is CS(=O)(=O)C1C=CC(NC2CCN(C3CCN(c4ncc(CO)cc4Cl)CC3)C2=O)=C(F)C1. The van der Waals surface area contributed by atoms with Gasteiger partial charge in [-0.2, -0.15) is 0 Å². The van der Waals surface area contributed by atoms with E-state index in [0.717, 1.165) is 19.1 Å². The minimum absolute atomic E-state index is 0.0594. The van der Waals surface area contributed by atoms with Crippen molar-refractivity contribution < 1.29 is 22.7 Å². The van der Waals surface area contributed by atoms with Crippen molar-refractivity contribution in [2.45, 2.75) is 49.6 Å². The topological polar surface area (TPSA) is 103 Å². The van der Waals surface area contributed by atoms with Crippen LogP contribution in [0.4, 0.5) is 10.2 Å². The number of rotatable bonds is 6. The molecule has 2 aliphatic heterocycles. The van der Waals surface area contributed by atoms with Gasteiger partial charge in [-0.05, 0) is 37.0 Å². The van der Waals surface area contributed by atoms with Gasteiger partial charge in [-0.3, -0.25) is 4.79 Å². The maximum atomic E-state index is 14.5. The Labute approximate surface area is 198 Å². The third-order valence-corrected chi connectivity index (χ3v) is 8.24. The van der Waals surface area contributed by atoms with Crippen LogP contribution in [0, 0.1) is 0 Å². The van der Waals surface area contributed by atoms with Gasteiger partial charge in [-0.1, -0.05) is 17.7 Å². The van der Waals surface area contributed by atoms with E-state index in [1.54, 1.807) is 12.3 Å². The highest BCUT2D eigenvalue weighted by molar-refractivity contribution is 7.91. The number of sulfone groups is 1. The lowest BCUT2D eigenvalue weighted by Gasteiger charge is -2.37. The number of aliphatic hydroxyl groups is 1. The zero-order valence-electron chi connectivity index (χ0n) is 18.4. The van der Waals surface area contributed by atoms with Crippen LogP contribution >= 0.6 is 11.6 Å². The number of allylic oxidation sites excluding steroid dienone is 2. The first kappa shape index (κ1) is 24.0. The monoisotopic (exact) mass is 498 g/mol. The first-order valence-electron chi connectivity index (χ1n) is 11.0. The molecule has 1 aromatic rings. The summed E-state index contributed by atoms with van der Waals surface area (Å²) >= 11 is 6.32. The summed E-state index contributed by atoms with van der Waals surface area (Å²) in [5.41, 5.74) is 0.850. The maximum absolute atomic E-state index is 14.5. The van der Waals surface area contributed by atoms with Crippen molar-refractivity contribution >= 4 is 33.2 Å². The lowest BCUT2D eigenvalue weighted by Crippen LogP contribution is -2.48. The number of hydrogen-bond donors (Lipinski definition) is 2. The van der Waals surface area contributed by atoms with Crippen molar-refractivity contribution in [2.24, 2.45) is 0 Å². The van der Waals surface area contributed by atoms with Gasteiger partial charge in [0, 0.05) is 44.5 Å². The number of carbonyl (C=O) groups is 1. The molecule has 8 nitrogen and oxygen atoms in total. The number of likely N-dealkylation sites (tertiary alicyclic amines) is 1. The van der Waals surface area contributed by atoms with Crippen LogP contribution in [-0.2, 0) is 21.2 Å². The summed E-state index contributed by atoms with van der Waals surface area (Å²) in [6.45, 7) is 1.88. The van der Waals surface area contributed by atoms with E-state index in [-0.39, 0.29) is 30.7 Å². The molecule has 2 atom stereocenters. The number of anilines is 1. The van der Waals surface area contributed by atoms with Gasteiger partial charge in [0.1, 0.15) is 17.7 Å². The van der Waals surface area contributed by atoms with Crippen LogP contribution in [0.3, 0.4) is 0 Å². The number of nitrogens with one attached hydrogen (secondary N) is 1. The van der Waals surface area contributed by atoms with Crippen LogP contribution in [0.2, 0.25) is 5.02 Å². The summed E-state index contributed by atoms with van der Waals surface area (Å²) in [6.07, 6.45) is 7.49. The molecule has 1 aliphatic carbocycles. The molecular weight excluding hydrogens is 471 g/mol. The predicted molar refractivity (Wildman–Crippen MR) is 124 cm³/mol. The minimum Gasteiger partial charge on any atom is -0.392 e. The van der Waals surface area contributed by atoms with Crippen LogP contribution < -0.4 is 10.2 Å². The molecule has 2 unspecified atom stereocenters. The molecule has 2 fully saturated rings. The lowest BCUT2D eigenvalue weighted by atomic mass is 10.0. The highest BCUT2D eigenvalue weighted by Gasteiger charge is 2.38. The minimum atomic E-state index is -3.37. The number of amides is 1. The highest BCUT2D eigenvalue weighted by atomic mass is 35.5. The highest BCUT2D eigenvalue weighted by Crippen LogP contribution is 2.30. The molecule has 0 spiro atoms. The largest absolute Gasteiger partial charge is 0.392 e. The number of nitrogens with zero attached hydrogens (tertiary/aromatic N) is 3. The summed E-state index contributed by atoms with van der Waals surface area (Å²) in [4.78, 5) is 21.3. The second-order valence-corrected chi connectivity index (χ2v) is 11.5. The van der Waals surface area contributed by atoms with Gasteiger partial charge < -0.3 is 20.2 Å². The van der Waals surface area contributed by atoms with Gasteiger partial charge in [-0.25, -0.2) is 17.8 Å². The van der Waals surface area contributed by atoms with Gasteiger partial charge in [0.15, 0.2) is 9.84 Å². The molecule has 3 heterocycles. The first-order valence-corrected chi connectivity index (χ1v) is 13.3. The summed E-state index contributed by atoms with van der Waals surface area (Å²) in [6, 6.07) is 1.28. The second kappa shape index (κ2) is 9.60. The Balaban J connectivity index is 1.33. The second-order valence-electron chi connectivity index (χ2n) is 8.79. The Morgan fingerprint density at radius 1 is 1.27 bits per heavy atom. The van der Waals surface area contributed by atoms with Crippen LogP contribution in [0.15, 0.2) is 35.9 Å². The van der Waals surface area contributed by atoms with E-state index in [1.165, 1.54) is 12.2 Å². The number of hydrogen-bond acceptors (Lipinski definition) is 7. The summed E-state index contributed by atoms with van der Waals surface area (Å²) in [5.74, 6) is 0.0819. The Morgan fingerprint density at radius 2 is 2.00 bits per heavy atom. The molecule has 0 aromatic carbocycles.